The van der Waals surface area contributed by atoms with Crippen molar-refractivity contribution in [3.05, 3.63) is 0 Å². The molecule has 0 aromatic rings. The second-order valence-corrected chi connectivity index (χ2v) is 6.67. The van der Waals surface area contributed by atoms with Crippen LogP contribution in [0.4, 0.5) is 0 Å². The van der Waals surface area contributed by atoms with E-state index < -0.39 is 11.0 Å². The molecule has 116 valence electrons. The molecule has 1 aliphatic rings. The first-order valence-corrected chi connectivity index (χ1v) is 7.36. The summed E-state index contributed by atoms with van der Waals surface area (Å²) in [6.45, 7) is 10.9. The van der Waals surface area contributed by atoms with Crippen LogP contribution >= 0.6 is 0 Å². The van der Waals surface area contributed by atoms with Crippen molar-refractivity contribution in [1.82, 2.24) is 4.90 Å². The number of hydrogen-bond donors (Lipinski definition) is 1. The number of hydrogen-bond acceptors (Lipinski definition) is 4. The normalized spacial score (nSPS) is 18.0. The second kappa shape index (κ2) is 6.12. The minimum atomic E-state index is -0.621. The van der Waals surface area contributed by atoms with Crippen molar-refractivity contribution < 1.29 is 14.3 Å². The van der Waals surface area contributed by atoms with Gasteiger partial charge in [0.25, 0.3) is 0 Å². The zero-order chi connectivity index (χ0) is 15.6. The summed E-state index contributed by atoms with van der Waals surface area (Å²) in [6, 6.07) is 0. The smallest absolute Gasteiger partial charge is 0.309 e. The maximum absolute atomic E-state index is 12.6. The zero-order valence-corrected chi connectivity index (χ0v) is 13.4. The maximum Gasteiger partial charge on any atom is 0.309 e. The van der Waals surface area contributed by atoms with E-state index >= 15 is 0 Å². The van der Waals surface area contributed by atoms with E-state index in [2.05, 4.69) is 0 Å². The van der Waals surface area contributed by atoms with Gasteiger partial charge in [0, 0.05) is 18.6 Å². The van der Waals surface area contributed by atoms with Crippen molar-refractivity contribution in [2.24, 2.45) is 17.1 Å². The molecule has 0 unspecified atom stereocenters. The van der Waals surface area contributed by atoms with Crippen LogP contribution in [0.5, 0.6) is 0 Å². The van der Waals surface area contributed by atoms with Gasteiger partial charge in [-0.1, -0.05) is 0 Å². The number of nitrogens with two attached hydrogens (primary N) is 1. The highest BCUT2D eigenvalue weighted by Crippen LogP contribution is 2.32. The third kappa shape index (κ3) is 3.51. The van der Waals surface area contributed by atoms with Gasteiger partial charge in [-0.2, -0.15) is 0 Å². The molecule has 0 bridgehead atoms. The topological polar surface area (TPSA) is 72.6 Å². The fourth-order valence-electron chi connectivity index (χ4n) is 2.25. The summed E-state index contributed by atoms with van der Waals surface area (Å²) in [7, 11) is 0. The van der Waals surface area contributed by atoms with Crippen molar-refractivity contribution in [3.8, 4) is 0 Å². The minimum absolute atomic E-state index is 0.0623. The highest BCUT2D eigenvalue weighted by molar-refractivity contribution is 5.84. The second-order valence-electron chi connectivity index (χ2n) is 6.67. The molecule has 1 heterocycles. The fourth-order valence-corrected chi connectivity index (χ4v) is 2.25. The van der Waals surface area contributed by atoms with E-state index in [0.717, 1.165) is 0 Å². The first-order valence-electron chi connectivity index (χ1n) is 7.36. The minimum Gasteiger partial charge on any atom is -0.466 e. The predicted octanol–water partition coefficient (Wildman–Crippen LogP) is 1.55. The summed E-state index contributed by atoms with van der Waals surface area (Å²) in [6.07, 6.45) is 1.34. The van der Waals surface area contributed by atoms with Gasteiger partial charge in [0.1, 0.15) is 0 Å². The molecule has 0 aliphatic carbocycles. The standard InChI is InChI=1S/C15H28N2O3/c1-6-20-12(18)11-7-9-17(10-8-11)13(19)14(2,3)15(4,5)16/h11H,6-10,16H2,1-5H3. The van der Waals surface area contributed by atoms with Crippen molar-refractivity contribution in [3.63, 3.8) is 0 Å². The van der Waals surface area contributed by atoms with E-state index in [9.17, 15) is 9.59 Å². The Labute approximate surface area is 121 Å². The van der Waals surface area contributed by atoms with Gasteiger partial charge in [-0.3, -0.25) is 9.59 Å². The number of carbonyl (C=O) groups excluding carboxylic acids is 2. The maximum atomic E-state index is 12.6. The Bertz CT molecular complexity index is 364. The lowest BCUT2D eigenvalue weighted by atomic mass is 9.73. The molecule has 1 rings (SSSR count). The van der Waals surface area contributed by atoms with Crippen LogP contribution in [0.2, 0.25) is 0 Å². The molecule has 0 aromatic heterocycles. The van der Waals surface area contributed by atoms with E-state index in [0.29, 0.717) is 32.5 Å². The van der Waals surface area contributed by atoms with Crippen molar-refractivity contribution in [2.45, 2.75) is 53.0 Å². The summed E-state index contributed by atoms with van der Waals surface area (Å²) in [5.74, 6) is -0.154. The first kappa shape index (κ1) is 17.0. The summed E-state index contributed by atoms with van der Waals surface area (Å²) in [5.41, 5.74) is 4.91. The van der Waals surface area contributed by atoms with Gasteiger partial charge in [-0.15, -0.1) is 0 Å². The quantitative estimate of drug-likeness (QED) is 0.795. The third-order valence-electron chi connectivity index (χ3n) is 4.55. The van der Waals surface area contributed by atoms with Gasteiger partial charge in [-0.25, -0.2) is 0 Å². The SMILES string of the molecule is CCOC(=O)C1CCN(C(=O)C(C)(C)C(C)(C)N)CC1. The summed E-state index contributed by atoms with van der Waals surface area (Å²) in [5, 5.41) is 0. The lowest BCUT2D eigenvalue weighted by Crippen LogP contribution is -2.57. The molecule has 1 fully saturated rings. The molecule has 2 N–H and O–H groups in total. The molecule has 0 saturated carbocycles. The molecule has 0 aromatic carbocycles. The number of likely N-dealkylation sites (tertiary alicyclic amines) is 1. The molecule has 0 spiro atoms. The third-order valence-corrected chi connectivity index (χ3v) is 4.55. The zero-order valence-electron chi connectivity index (χ0n) is 13.4. The van der Waals surface area contributed by atoms with Crippen LogP contribution in [-0.4, -0.2) is 42.0 Å². The van der Waals surface area contributed by atoms with E-state index in [1.54, 1.807) is 0 Å². The van der Waals surface area contributed by atoms with E-state index in [1.807, 2.05) is 39.5 Å². The lowest BCUT2D eigenvalue weighted by Gasteiger charge is -2.42. The largest absolute Gasteiger partial charge is 0.466 e. The number of piperidine rings is 1. The Morgan fingerprint density at radius 3 is 2.10 bits per heavy atom. The molecule has 1 amide bonds. The molecular formula is C15H28N2O3. The van der Waals surface area contributed by atoms with Crippen LogP contribution in [0.25, 0.3) is 0 Å². The number of amides is 1. The van der Waals surface area contributed by atoms with Gasteiger partial charge < -0.3 is 15.4 Å². The van der Waals surface area contributed by atoms with Gasteiger partial charge in [0.15, 0.2) is 0 Å². The van der Waals surface area contributed by atoms with Crippen LogP contribution in [-0.2, 0) is 14.3 Å². The van der Waals surface area contributed by atoms with Gasteiger partial charge in [-0.05, 0) is 47.5 Å². The number of rotatable bonds is 4. The lowest BCUT2D eigenvalue weighted by molar-refractivity contribution is -0.153. The Hall–Kier alpha value is -1.10. The number of nitrogens with zero attached hydrogens (tertiary/aromatic N) is 1. The van der Waals surface area contributed by atoms with Gasteiger partial charge >= 0.3 is 5.97 Å². The average Bonchev–Trinajstić information content (AvgIpc) is 2.37. The monoisotopic (exact) mass is 284 g/mol. The van der Waals surface area contributed by atoms with Crippen LogP contribution in [0.3, 0.4) is 0 Å². The summed E-state index contributed by atoms with van der Waals surface area (Å²) >= 11 is 0. The first-order chi connectivity index (χ1) is 9.11. The number of ether oxygens (including phenoxy) is 1. The highest BCUT2D eigenvalue weighted by atomic mass is 16.5. The van der Waals surface area contributed by atoms with Crippen LogP contribution in [0.1, 0.15) is 47.5 Å². The van der Waals surface area contributed by atoms with E-state index in [1.165, 1.54) is 0 Å². The summed E-state index contributed by atoms with van der Waals surface area (Å²) in [4.78, 5) is 26.1. The number of esters is 1. The van der Waals surface area contributed by atoms with E-state index in [-0.39, 0.29) is 17.8 Å². The van der Waals surface area contributed by atoms with Crippen molar-refractivity contribution >= 4 is 11.9 Å². The molecule has 1 saturated heterocycles. The van der Waals surface area contributed by atoms with Gasteiger partial charge in [0.2, 0.25) is 5.91 Å². The van der Waals surface area contributed by atoms with Crippen LogP contribution in [0, 0.1) is 11.3 Å². The average molecular weight is 284 g/mol. The Kier molecular flexibility index (Phi) is 5.19. The fraction of sp³-hybridized carbons (Fsp3) is 0.867. The number of carbonyl (C=O) groups is 2. The van der Waals surface area contributed by atoms with E-state index in [4.69, 9.17) is 10.5 Å². The Balaban J connectivity index is 2.62. The molecule has 0 atom stereocenters. The molecular weight excluding hydrogens is 256 g/mol. The molecule has 20 heavy (non-hydrogen) atoms. The Morgan fingerprint density at radius 2 is 1.70 bits per heavy atom. The van der Waals surface area contributed by atoms with Crippen LogP contribution in [0.15, 0.2) is 0 Å². The summed E-state index contributed by atoms with van der Waals surface area (Å²) < 4.78 is 5.04. The molecule has 1 aliphatic heterocycles. The van der Waals surface area contributed by atoms with Crippen molar-refractivity contribution in [2.75, 3.05) is 19.7 Å². The molecule has 5 heteroatoms. The highest BCUT2D eigenvalue weighted by Gasteiger charge is 2.43. The predicted molar refractivity (Wildman–Crippen MR) is 78.0 cm³/mol. The van der Waals surface area contributed by atoms with Gasteiger partial charge in [0.05, 0.1) is 17.9 Å². The van der Waals surface area contributed by atoms with Crippen molar-refractivity contribution in [1.29, 1.82) is 0 Å². The molecule has 5 nitrogen and oxygen atoms in total. The van der Waals surface area contributed by atoms with Crippen LogP contribution < -0.4 is 5.73 Å². The molecule has 0 radical (unpaired) electrons. The Morgan fingerprint density at radius 1 is 1.20 bits per heavy atom.